The standard InChI is InChI=1S/C22H19N3O2S2/c1-24-22(27)15-6-3-2-5-14(15)17(23-24)13-20(26)25-10-8-18-16(9-12-29-18)21(25)19-7-4-11-28-19/h2-7,9,11-12,21H,8,10,13H2,1H3. The molecule has 0 spiro atoms. The van der Waals surface area contributed by atoms with Crippen LogP contribution in [-0.2, 0) is 24.7 Å². The van der Waals surface area contributed by atoms with Crippen molar-refractivity contribution < 1.29 is 4.79 Å². The molecule has 3 aromatic heterocycles. The Kier molecular flexibility index (Phi) is 4.56. The maximum absolute atomic E-state index is 13.5. The Hall–Kier alpha value is -2.77. The van der Waals surface area contributed by atoms with E-state index in [9.17, 15) is 9.59 Å². The van der Waals surface area contributed by atoms with Crippen LogP contribution in [0.15, 0.2) is 58.0 Å². The third-order valence-electron chi connectivity index (χ3n) is 5.45. The van der Waals surface area contributed by atoms with Crippen LogP contribution in [0, 0.1) is 0 Å². The van der Waals surface area contributed by atoms with Crippen LogP contribution in [0.5, 0.6) is 0 Å². The van der Waals surface area contributed by atoms with E-state index in [-0.39, 0.29) is 23.9 Å². The number of hydrogen-bond acceptors (Lipinski definition) is 5. The molecule has 0 radical (unpaired) electrons. The fraction of sp³-hybridized carbons (Fsp3) is 0.227. The first kappa shape index (κ1) is 18.3. The Bertz CT molecular complexity index is 1260. The summed E-state index contributed by atoms with van der Waals surface area (Å²) < 4.78 is 1.33. The molecule has 4 heterocycles. The third kappa shape index (κ3) is 3.10. The SMILES string of the molecule is Cn1nc(CC(=O)N2CCc3sccc3C2c2cccs2)c2ccccc2c1=O. The van der Waals surface area contributed by atoms with Gasteiger partial charge in [-0.2, -0.15) is 5.10 Å². The monoisotopic (exact) mass is 421 g/mol. The maximum Gasteiger partial charge on any atom is 0.274 e. The molecule has 7 heteroatoms. The lowest BCUT2D eigenvalue weighted by Gasteiger charge is -2.35. The van der Waals surface area contributed by atoms with Gasteiger partial charge >= 0.3 is 0 Å². The number of hydrogen-bond donors (Lipinski definition) is 0. The van der Waals surface area contributed by atoms with Crippen LogP contribution in [0.1, 0.15) is 27.1 Å². The van der Waals surface area contributed by atoms with Gasteiger partial charge in [-0.1, -0.05) is 24.3 Å². The van der Waals surface area contributed by atoms with Crippen LogP contribution in [0.2, 0.25) is 0 Å². The van der Waals surface area contributed by atoms with E-state index >= 15 is 0 Å². The van der Waals surface area contributed by atoms with E-state index in [1.54, 1.807) is 35.8 Å². The molecule has 146 valence electrons. The second-order valence-electron chi connectivity index (χ2n) is 7.15. The molecule has 1 unspecified atom stereocenters. The number of thiophene rings is 2. The second kappa shape index (κ2) is 7.24. The van der Waals surface area contributed by atoms with Crippen molar-refractivity contribution in [3.8, 4) is 0 Å². The molecule has 1 aromatic carbocycles. The zero-order chi connectivity index (χ0) is 20.0. The first-order valence-electron chi connectivity index (χ1n) is 9.47. The van der Waals surface area contributed by atoms with Crippen molar-refractivity contribution in [1.82, 2.24) is 14.7 Å². The summed E-state index contributed by atoms with van der Waals surface area (Å²) in [6.45, 7) is 0.693. The zero-order valence-corrected chi connectivity index (χ0v) is 17.5. The van der Waals surface area contributed by atoms with Gasteiger partial charge in [-0.25, -0.2) is 4.68 Å². The average Bonchev–Trinajstić information content (AvgIpc) is 3.42. The first-order chi connectivity index (χ1) is 14.1. The highest BCUT2D eigenvalue weighted by molar-refractivity contribution is 7.10. The van der Waals surface area contributed by atoms with Gasteiger partial charge in [-0.3, -0.25) is 9.59 Å². The van der Waals surface area contributed by atoms with Crippen molar-refractivity contribution in [2.24, 2.45) is 7.05 Å². The molecule has 1 atom stereocenters. The first-order valence-corrected chi connectivity index (χ1v) is 11.2. The molecule has 4 aromatic rings. The van der Waals surface area contributed by atoms with Gasteiger partial charge in [0, 0.05) is 28.7 Å². The Morgan fingerprint density at radius 1 is 1.10 bits per heavy atom. The lowest BCUT2D eigenvalue weighted by molar-refractivity contribution is -0.132. The van der Waals surface area contributed by atoms with Gasteiger partial charge < -0.3 is 4.90 Å². The molecule has 0 N–H and O–H groups in total. The van der Waals surface area contributed by atoms with Gasteiger partial charge in [0.05, 0.1) is 23.5 Å². The van der Waals surface area contributed by atoms with Gasteiger partial charge in [-0.05, 0) is 40.9 Å². The molecular formula is C22H19N3O2S2. The van der Waals surface area contributed by atoms with Crippen LogP contribution in [0.4, 0.5) is 0 Å². The van der Waals surface area contributed by atoms with Gasteiger partial charge in [0.15, 0.2) is 0 Å². The fourth-order valence-corrected chi connectivity index (χ4v) is 5.85. The average molecular weight is 422 g/mol. The molecule has 0 bridgehead atoms. The van der Waals surface area contributed by atoms with Gasteiger partial charge in [0.25, 0.3) is 5.56 Å². The van der Waals surface area contributed by atoms with Gasteiger partial charge in [0.2, 0.25) is 5.91 Å². The van der Waals surface area contributed by atoms with Crippen LogP contribution < -0.4 is 5.56 Å². The van der Waals surface area contributed by atoms with Crippen molar-refractivity contribution in [2.45, 2.75) is 18.9 Å². The van der Waals surface area contributed by atoms with E-state index in [1.165, 1.54) is 20.0 Å². The maximum atomic E-state index is 13.5. The smallest absolute Gasteiger partial charge is 0.274 e. The van der Waals surface area contributed by atoms with Crippen LogP contribution >= 0.6 is 22.7 Å². The van der Waals surface area contributed by atoms with E-state index in [0.717, 1.165) is 11.8 Å². The van der Waals surface area contributed by atoms with Crippen molar-refractivity contribution in [3.63, 3.8) is 0 Å². The number of rotatable bonds is 3. The zero-order valence-electron chi connectivity index (χ0n) is 15.9. The predicted octanol–water partition coefficient (Wildman–Crippen LogP) is 3.77. The summed E-state index contributed by atoms with van der Waals surface area (Å²) in [5, 5.41) is 9.94. The lowest BCUT2D eigenvalue weighted by atomic mass is 9.97. The molecular weight excluding hydrogens is 402 g/mol. The normalized spacial score (nSPS) is 16.2. The molecule has 1 amide bonds. The lowest BCUT2D eigenvalue weighted by Crippen LogP contribution is -2.41. The van der Waals surface area contributed by atoms with Crippen molar-refractivity contribution in [2.75, 3.05) is 6.54 Å². The summed E-state index contributed by atoms with van der Waals surface area (Å²) in [6, 6.07) is 13.6. The number of fused-ring (bicyclic) bond motifs is 2. The molecule has 5 rings (SSSR count). The minimum absolute atomic E-state index is 0.0385. The van der Waals surface area contributed by atoms with Crippen molar-refractivity contribution >= 4 is 39.4 Å². The van der Waals surface area contributed by atoms with E-state index in [1.807, 2.05) is 29.2 Å². The predicted molar refractivity (Wildman–Crippen MR) is 117 cm³/mol. The van der Waals surface area contributed by atoms with E-state index in [0.29, 0.717) is 17.6 Å². The molecule has 1 aliphatic heterocycles. The Labute approximate surface area is 175 Å². The number of carbonyl (C=O) groups is 1. The van der Waals surface area contributed by atoms with E-state index in [2.05, 4.69) is 28.0 Å². The van der Waals surface area contributed by atoms with Crippen LogP contribution in [0.25, 0.3) is 10.8 Å². The second-order valence-corrected chi connectivity index (χ2v) is 9.13. The largest absolute Gasteiger partial charge is 0.330 e. The number of benzene rings is 1. The van der Waals surface area contributed by atoms with Crippen LogP contribution in [0.3, 0.4) is 0 Å². The fourth-order valence-electron chi connectivity index (χ4n) is 4.09. The number of nitrogens with zero attached hydrogens (tertiary/aromatic N) is 3. The molecule has 0 saturated carbocycles. The van der Waals surface area contributed by atoms with Gasteiger partial charge in [0.1, 0.15) is 0 Å². The molecule has 29 heavy (non-hydrogen) atoms. The summed E-state index contributed by atoms with van der Waals surface area (Å²) in [5.74, 6) is 0.0385. The molecule has 0 fully saturated rings. The minimum atomic E-state index is -0.144. The molecule has 0 saturated heterocycles. The highest BCUT2D eigenvalue weighted by Gasteiger charge is 2.33. The minimum Gasteiger partial charge on any atom is -0.330 e. The summed E-state index contributed by atoms with van der Waals surface area (Å²) in [5.41, 5.74) is 1.73. The third-order valence-corrected chi connectivity index (χ3v) is 7.37. The van der Waals surface area contributed by atoms with Crippen LogP contribution in [-0.4, -0.2) is 27.1 Å². The Balaban J connectivity index is 1.54. The molecule has 1 aliphatic rings. The number of aryl methyl sites for hydroxylation is 1. The quantitative estimate of drug-likeness (QED) is 0.506. The summed E-state index contributed by atoms with van der Waals surface area (Å²) in [6.07, 6.45) is 1.05. The highest BCUT2D eigenvalue weighted by Crippen LogP contribution is 2.39. The van der Waals surface area contributed by atoms with Crippen molar-refractivity contribution in [1.29, 1.82) is 0 Å². The number of carbonyl (C=O) groups excluding carboxylic acids is 1. The highest BCUT2D eigenvalue weighted by atomic mass is 32.1. The Morgan fingerprint density at radius 2 is 1.93 bits per heavy atom. The number of aromatic nitrogens is 2. The van der Waals surface area contributed by atoms with Crippen molar-refractivity contribution in [3.05, 3.63) is 84.6 Å². The summed E-state index contributed by atoms with van der Waals surface area (Å²) >= 11 is 3.45. The molecule has 5 nitrogen and oxygen atoms in total. The van der Waals surface area contributed by atoms with E-state index in [4.69, 9.17) is 0 Å². The number of amides is 1. The summed E-state index contributed by atoms with van der Waals surface area (Å²) in [4.78, 5) is 30.4. The Morgan fingerprint density at radius 3 is 2.72 bits per heavy atom. The molecule has 0 aliphatic carbocycles. The topological polar surface area (TPSA) is 55.2 Å². The van der Waals surface area contributed by atoms with Gasteiger partial charge in [-0.15, -0.1) is 22.7 Å². The van der Waals surface area contributed by atoms with E-state index < -0.39 is 0 Å². The summed E-state index contributed by atoms with van der Waals surface area (Å²) in [7, 11) is 1.63.